The third-order valence-electron chi connectivity index (χ3n) is 12.2. The average Bonchev–Trinajstić information content (AvgIpc) is 3.74. The molecule has 0 spiro atoms. The van der Waals surface area contributed by atoms with Crippen LogP contribution in [-0.2, 0) is 32.0 Å². The van der Waals surface area contributed by atoms with Crippen molar-refractivity contribution in [1.82, 2.24) is 18.8 Å². The van der Waals surface area contributed by atoms with Gasteiger partial charge in [-0.15, -0.1) is 11.3 Å². The number of aryl methyl sites for hydroxylation is 1. The highest BCUT2D eigenvalue weighted by Gasteiger charge is 2.36. The number of imidazole rings is 1. The van der Waals surface area contributed by atoms with Gasteiger partial charge in [-0.2, -0.15) is 0 Å². The third kappa shape index (κ3) is 10.5. The second-order valence-electron chi connectivity index (χ2n) is 17.0. The fraction of sp³-hybridized carbons (Fsp3) is 0.391. The van der Waals surface area contributed by atoms with Gasteiger partial charge in [-0.3, -0.25) is 28.8 Å². The fourth-order valence-corrected chi connectivity index (χ4v) is 11.6. The molecule has 8 rings (SSSR count). The molecule has 19 heteroatoms. The summed E-state index contributed by atoms with van der Waals surface area (Å²) in [7, 11) is 1.74. The highest BCUT2D eigenvalue weighted by atomic mass is 35.5. The minimum absolute atomic E-state index is 0.0795. The number of imide groups is 1. The van der Waals surface area contributed by atoms with Crippen LogP contribution < -0.4 is 31.7 Å². The van der Waals surface area contributed by atoms with Crippen molar-refractivity contribution in [2.75, 3.05) is 36.5 Å². The van der Waals surface area contributed by atoms with E-state index in [9.17, 15) is 29.1 Å². The molecule has 3 aliphatic rings. The molecule has 3 fully saturated rings. The Morgan fingerprint density at radius 3 is 2.43 bits per heavy atom. The second kappa shape index (κ2) is 20.1. The number of hydrogen-bond acceptors (Lipinski definition) is 12. The Morgan fingerprint density at radius 2 is 1.74 bits per heavy atom. The van der Waals surface area contributed by atoms with Gasteiger partial charge in [-0.05, 0) is 105 Å². The van der Waals surface area contributed by atoms with E-state index in [4.69, 9.17) is 26.2 Å². The van der Waals surface area contributed by atoms with E-state index in [-0.39, 0.29) is 51.7 Å². The van der Waals surface area contributed by atoms with E-state index in [0.29, 0.717) is 28.3 Å². The minimum atomic E-state index is -1.24. The van der Waals surface area contributed by atoms with Gasteiger partial charge in [0.2, 0.25) is 18.2 Å². The summed E-state index contributed by atoms with van der Waals surface area (Å²) in [6.07, 6.45) is 4.57. The van der Waals surface area contributed by atoms with E-state index in [2.05, 4.69) is 75.8 Å². The molecule has 6 N–H and O–H groups in total. The number of nitrogens with zero attached hydrogens (tertiary/aromatic N) is 4. The van der Waals surface area contributed by atoms with Gasteiger partial charge in [0.1, 0.15) is 11.1 Å². The van der Waals surface area contributed by atoms with Gasteiger partial charge in [-0.1, -0.05) is 53.9 Å². The highest BCUT2D eigenvalue weighted by molar-refractivity contribution is 7.96. The molecular weight excluding hydrogens is 894 g/mol. The molecule has 3 amide bonds. The van der Waals surface area contributed by atoms with Crippen molar-refractivity contribution in [3.05, 3.63) is 98.2 Å². The minimum Gasteiger partial charge on any atom is -0.479 e. The van der Waals surface area contributed by atoms with Crippen LogP contribution in [0.1, 0.15) is 85.1 Å². The van der Waals surface area contributed by atoms with Crippen molar-refractivity contribution in [3.63, 3.8) is 0 Å². The van der Waals surface area contributed by atoms with Crippen molar-refractivity contribution in [3.8, 4) is 16.2 Å². The summed E-state index contributed by atoms with van der Waals surface area (Å²) in [5.74, 6) is -2.14. The van der Waals surface area contributed by atoms with Crippen LogP contribution >= 0.6 is 34.9 Å². The van der Waals surface area contributed by atoms with Crippen LogP contribution in [0.15, 0.2) is 71.5 Å². The number of ether oxygens (including phenoxy) is 1. The zero-order valence-electron chi connectivity index (χ0n) is 36.3. The Morgan fingerprint density at radius 1 is 1.00 bits per heavy atom. The zero-order chi connectivity index (χ0) is 46.6. The number of carboxylic acid groups (broad SMARTS) is 2. The van der Waals surface area contributed by atoms with E-state index in [1.807, 2.05) is 42.3 Å². The van der Waals surface area contributed by atoms with Gasteiger partial charge in [0.25, 0.3) is 0 Å². The maximum Gasteiger partial charge on any atom is 0.349 e. The molecule has 0 radical (unpaired) electrons. The molecule has 3 saturated heterocycles. The maximum absolute atomic E-state index is 13.3. The zero-order valence-corrected chi connectivity index (χ0v) is 38.6. The molecular formula is C46H52ClN7O9S2. The standard InChI is InChI=1S/C45H49ClN6O8S2.CH3NO/c1-45(2)23-31(47-30-8-5-7-29(21-30)40-38(46)39(60-24-37(54)55)41(62-40)43(57)58)16-19-51(45)61-25-26-6-4-9-32(20-26)50-17-14-27(15-18-50)28-10-11-33-35(22-28)49(3)44(59)52(33)34-12-13-36(53)48-42(34)56;2-1-3/h4-11,20-22,27,31,34,47H,12-19,23-25H2,1-3H3,(H,54,55)(H,57,58)(H,48,53,56);1H,(H2,2,3). The van der Waals surface area contributed by atoms with Crippen LogP contribution in [0.3, 0.4) is 0 Å². The number of carbonyl (C=O) groups is 5. The number of benzene rings is 3. The van der Waals surface area contributed by atoms with Gasteiger partial charge in [0, 0.05) is 61.8 Å². The Balaban J connectivity index is 0.00000204. The summed E-state index contributed by atoms with van der Waals surface area (Å²) >= 11 is 9.38. The molecule has 2 aromatic heterocycles. The van der Waals surface area contributed by atoms with Gasteiger partial charge in [0.05, 0.1) is 15.9 Å². The molecule has 5 aromatic rings. The number of nitrogens with one attached hydrogen (secondary N) is 2. The Labute approximate surface area is 388 Å². The summed E-state index contributed by atoms with van der Waals surface area (Å²) in [6, 6.07) is 22.1. The first kappa shape index (κ1) is 47.2. The third-order valence-corrected chi connectivity index (χ3v) is 15.3. The molecule has 3 aromatic carbocycles. The number of carboxylic acids is 2. The van der Waals surface area contributed by atoms with Crippen molar-refractivity contribution in [2.45, 2.75) is 81.7 Å². The number of aromatic nitrogens is 2. The lowest BCUT2D eigenvalue weighted by molar-refractivity contribution is -0.139. The first-order chi connectivity index (χ1) is 31.1. The van der Waals surface area contributed by atoms with Crippen LogP contribution in [0.2, 0.25) is 5.02 Å². The SMILES string of the molecule is Cn1c(=O)n(C2CCC(=O)NC2=O)c2ccc(C3CCN(c4cccc(CSN5CCC(Nc6cccc(-c7sc(C(=O)O)c(OCC(=O)O)c7Cl)c6)CC5(C)C)c4)CC3)cc21.NC=O. The Bertz CT molecular complexity index is 2670. The molecule has 2 unspecified atom stereocenters. The van der Waals surface area contributed by atoms with Crippen molar-refractivity contribution in [2.24, 2.45) is 12.8 Å². The smallest absolute Gasteiger partial charge is 0.349 e. The summed E-state index contributed by atoms with van der Waals surface area (Å²) in [5, 5.41) is 24.9. The number of piperidine rings is 3. The number of nitrogens with two attached hydrogens (primary N) is 1. The summed E-state index contributed by atoms with van der Waals surface area (Å²) in [6.45, 7) is 6.57. The van der Waals surface area contributed by atoms with Gasteiger partial charge < -0.3 is 30.9 Å². The van der Waals surface area contributed by atoms with Gasteiger partial charge in [-0.25, -0.2) is 18.7 Å². The largest absolute Gasteiger partial charge is 0.479 e. The van der Waals surface area contributed by atoms with Gasteiger partial charge >= 0.3 is 17.6 Å². The number of anilines is 2. The van der Waals surface area contributed by atoms with Gasteiger partial charge in [0.15, 0.2) is 17.2 Å². The second-order valence-corrected chi connectivity index (χ2v) is 19.4. The summed E-state index contributed by atoms with van der Waals surface area (Å²) in [5.41, 5.74) is 10.6. The average molecular weight is 947 g/mol. The lowest BCUT2D eigenvalue weighted by Crippen LogP contribution is -2.49. The predicted octanol–water partition coefficient (Wildman–Crippen LogP) is 6.85. The number of aromatic carboxylic acids is 1. The summed E-state index contributed by atoms with van der Waals surface area (Å²) in [4.78, 5) is 72.1. The number of primary amides is 1. The van der Waals surface area contributed by atoms with E-state index < -0.39 is 30.5 Å². The number of rotatable bonds is 13. The molecule has 5 heterocycles. The molecule has 344 valence electrons. The number of fused-ring (bicyclic) bond motifs is 1. The normalized spacial score (nSPS) is 19.0. The lowest BCUT2D eigenvalue weighted by Gasteiger charge is -2.45. The predicted molar refractivity (Wildman–Crippen MR) is 253 cm³/mol. The van der Waals surface area contributed by atoms with Crippen LogP contribution in [0.25, 0.3) is 21.5 Å². The van der Waals surface area contributed by atoms with E-state index in [1.165, 1.54) is 21.4 Å². The van der Waals surface area contributed by atoms with E-state index in [1.54, 1.807) is 11.6 Å². The van der Waals surface area contributed by atoms with Crippen LogP contribution in [0, 0.1) is 0 Å². The van der Waals surface area contributed by atoms with Crippen LogP contribution in [0.4, 0.5) is 11.4 Å². The van der Waals surface area contributed by atoms with E-state index >= 15 is 0 Å². The van der Waals surface area contributed by atoms with E-state index in [0.717, 1.165) is 73.6 Å². The highest BCUT2D eigenvalue weighted by Crippen LogP contribution is 2.46. The molecule has 0 bridgehead atoms. The van der Waals surface area contributed by atoms with Crippen molar-refractivity contribution in [1.29, 1.82) is 0 Å². The van der Waals surface area contributed by atoms with Crippen molar-refractivity contribution >= 4 is 87.5 Å². The molecule has 16 nitrogen and oxygen atoms in total. The first-order valence-electron chi connectivity index (χ1n) is 21.3. The van der Waals surface area contributed by atoms with Crippen LogP contribution in [0.5, 0.6) is 5.75 Å². The number of hydrogen-bond donors (Lipinski definition) is 5. The number of halogens is 1. The quantitative estimate of drug-likeness (QED) is 0.0464. The fourth-order valence-electron chi connectivity index (χ4n) is 9.05. The summed E-state index contributed by atoms with van der Waals surface area (Å²) < 4.78 is 10.9. The number of carbonyl (C=O) groups excluding carboxylic acids is 3. The first-order valence-corrected chi connectivity index (χ1v) is 23.4. The monoisotopic (exact) mass is 945 g/mol. The Kier molecular flexibility index (Phi) is 14.6. The molecule has 2 atom stereocenters. The molecule has 0 saturated carbocycles. The maximum atomic E-state index is 13.3. The van der Waals surface area contributed by atoms with Crippen molar-refractivity contribution < 1.29 is 38.9 Å². The lowest BCUT2D eigenvalue weighted by atomic mass is 9.89. The molecule has 3 aliphatic heterocycles. The number of thiophene rings is 1. The molecule has 65 heavy (non-hydrogen) atoms. The number of aliphatic carboxylic acids is 1. The Hall–Kier alpha value is -5.82. The molecule has 0 aliphatic carbocycles. The number of amides is 3. The van der Waals surface area contributed by atoms with Crippen LogP contribution in [-0.4, -0.2) is 91.6 Å². The topological polar surface area (TPSA) is 219 Å².